The van der Waals surface area contributed by atoms with Gasteiger partial charge in [-0.3, -0.25) is 0 Å². The highest BCUT2D eigenvalue weighted by Gasteiger charge is 2.44. The predicted molar refractivity (Wildman–Crippen MR) is 106 cm³/mol. The van der Waals surface area contributed by atoms with Gasteiger partial charge in [-0.05, 0) is 65.7 Å². The predicted octanol–water partition coefficient (Wildman–Crippen LogP) is 5.55. The Bertz CT molecular complexity index is 576. The van der Waals surface area contributed by atoms with Gasteiger partial charge in [-0.25, -0.2) is 0 Å². The van der Waals surface area contributed by atoms with Crippen molar-refractivity contribution < 1.29 is 5.11 Å². The fourth-order valence-corrected chi connectivity index (χ4v) is 5.03. The molecule has 1 aromatic carbocycles. The molecule has 2 N–H and O–H groups in total. The highest BCUT2D eigenvalue weighted by atomic mass is 16.3. The van der Waals surface area contributed by atoms with Crippen LogP contribution in [0.4, 0.5) is 0 Å². The van der Waals surface area contributed by atoms with E-state index in [1.165, 1.54) is 41.5 Å². The average Bonchev–Trinajstić information content (AvgIpc) is 2.52. The van der Waals surface area contributed by atoms with Crippen LogP contribution in [0.3, 0.4) is 0 Å². The van der Waals surface area contributed by atoms with Gasteiger partial charge in [0.05, 0.1) is 5.60 Å². The van der Waals surface area contributed by atoms with Gasteiger partial charge in [-0.2, -0.15) is 0 Å². The van der Waals surface area contributed by atoms with E-state index in [4.69, 9.17) is 0 Å². The highest BCUT2D eigenvalue weighted by molar-refractivity contribution is 5.47. The molecular weight excluding hydrogens is 306 g/mol. The Labute approximate surface area is 154 Å². The molecule has 2 saturated heterocycles. The summed E-state index contributed by atoms with van der Waals surface area (Å²) in [5, 5.41) is 15.6. The van der Waals surface area contributed by atoms with Gasteiger partial charge in [0.15, 0.2) is 0 Å². The average molecular weight is 344 g/mol. The molecular formula is C23H37NO. The van der Waals surface area contributed by atoms with Crippen molar-refractivity contribution in [2.24, 2.45) is 0 Å². The second-order valence-corrected chi connectivity index (χ2v) is 9.47. The zero-order chi connectivity index (χ0) is 18.4. The summed E-state index contributed by atoms with van der Waals surface area (Å²) in [4.78, 5) is 0. The van der Waals surface area contributed by atoms with Gasteiger partial charge in [0.2, 0.25) is 0 Å². The van der Waals surface area contributed by atoms with Crippen LogP contribution in [0.25, 0.3) is 0 Å². The molecule has 0 amide bonds. The van der Waals surface area contributed by atoms with Gasteiger partial charge >= 0.3 is 0 Å². The first-order valence-corrected chi connectivity index (χ1v) is 10.4. The van der Waals surface area contributed by atoms with Gasteiger partial charge in [-0.15, -0.1) is 0 Å². The molecule has 2 heterocycles. The lowest BCUT2D eigenvalue weighted by Gasteiger charge is -2.47. The van der Waals surface area contributed by atoms with Crippen molar-refractivity contribution in [1.82, 2.24) is 5.32 Å². The number of fused-ring (bicyclic) bond motifs is 2. The van der Waals surface area contributed by atoms with Crippen molar-refractivity contribution >= 4 is 0 Å². The molecule has 0 aliphatic carbocycles. The fraction of sp³-hybridized carbons (Fsp3) is 0.739. The van der Waals surface area contributed by atoms with Crippen molar-refractivity contribution in [3.8, 4) is 0 Å². The van der Waals surface area contributed by atoms with Gasteiger partial charge in [-0.1, -0.05) is 60.1 Å². The maximum absolute atomic E-state index is 11.9. The largest absolute Gasteiger partial charge is 0.385 e. The normalized spacial score (nSPS) is 29.7. The Morgan fingerprint density at radius 1 is 0.880 bits per heavy atom. The summed E-state index contributed by atoms with van der Waals surface area (Å²) in [5.41, 5.74) is 4.75. The van der Waals surface area contributed by atoms with Crippen molar-refractivity contribution in [1.29, 1.82) is 0 Å². The van der Waals surface area contributed by atoms with E-state index in [-0.39, 0.29) is 0 Å². The van der Waals surface area contributed by atoms with Crippen molar-refractivity contribution in [2.75, 3.05) is 0 Å². The van der Waals surface area contributed by atoms with Crippen LogP contribution >= 0.6 is 0 Å². The minimum Gasteiger partial charge on any atom is -0.385 e. The van der Waals surface area contributed by atoms with Crippen LogP contribution < -0.4 is 5.32 Å². The molecule has 2 aliphatic rings. The van der Waals surface area contributed by atoms with Gasteiger partial charge in [0.25, 0.3) is 0 Å². The van der Waals surface area contributed by atoms with Crippen LogP contribution in [-0.4, -0.2) is 17.2 Å². The monoisotopic (exact) mass is 343 g/mol. The molecule has 2 aliphatic heterocycles. The molecule has 0 radical (unpaired) electrons. The lowest BCUT2D eigenvalue weighted by Crippen LogP contribution is -2.54. The molecule has 25 heavy (non-hydrogen) atoms. The molecule has 0 aromatic heterocycles. The number of piperidine rings is 2. The molecule has 2 bridgehead atoms. The summed E-state index contributed by atoms with van der Waals surface area (Å²) in [6.45, 7) is 13.6. The first kappa shape index (κ1) is 18.9. The van der Waals surface area contributed by atoms with E-state index in [9.17, 15) is 5.11 Å². The van der Waals surface area contributed by atoms with E-state index in [1.54, 1.807) is 0 Å². The molecule has 2 unspecified atom stereocenters. The zero-order valence-electron chi connectivity index (χ0n) is 17.0. The van der Waals surface area contributed by atoms with E-state index in [0.29, 0.717) is 29.8 Å². The summed E-state index contributed by atoms with van der Waals surface area (Å²) in [6.07, 6.45) is 5.44. The zero-order valence-corrected chi connectivity index (χ0v) is 17.0. The molecule has 2 heteroatoms. The SMILES string of the molecule is CC(C)c1cc(C(C)C)c(C2(O)CC3CCCC(C2)N3)c(C(C)C)c1. The van der Waals surface area contributed by atoms with Crippen LogP contribution in [0.15, 0.2) is 12.1 Å². The lowest BCUT2D eigenvalue weighted by atomic mass is 9.69. The maximum Gasteiger partial charge on any atom is 0.0931 e. The molecule has 1 aromatic rings. The van der Waals surface area contributed by atoms with Crippen LogP contribution in [0.2, 0.25) is 0 Å². The number of rotatable bonds is 4. The van der Waals surface area contributed by atoms with Crippen molar-refractivity contribution in [3.05, 3.63) is 34.4 Å². The molecule has 140 valence electrons. The number of hydrogen-bond donors (Lipinski definition) is 2. The minimum absolute atomic E-state index is 0.435. The maximum atomic E-state index is 11.9. The summed E-state index contributed by atoms with van der Waals surface area (Å²) < 4.78 is 0. The van der Waals surface area contributed by atoms with Crippen molar-refractivity contribution in [3.63, 3.8) is 0 Å². The third-order valence-corrected chi connectivity index (χ3v) is 6.34. The molecule has 3 rings (SSSR count). The van der Waals surface area contributed by atoms with E-state index in [1.807, 2.05) is 0 Å². The summed E-state index contributed by atoms with van der Waals surface area (Å²) in [5.74, 6) is 1.39. The Hall–Kier alpha value is -0.860. The Morgan fingerprint density at radius 2 is 1.36 bits per heavy atom. The minimum atomic E-state index is -0.671. The second-order valence-electron chi connectivity index (χ2n) is 9.47. The van der Waals surface area contributed by atoms with Crippen LogP contribution in [-0.2, 0) is 5.60 Å². The number of hydrogen-bond acceptors (Lipinski definition) is 2. The second kappa shape index (κ2) is 7.04. The topological polar surface area (TPSA) is 32.3 Å². The summed E-state index contributed by atoms with van der Waals surface area (Å²) in [7, 11) is 0. The number of benzene rings is 1. The Kier molecular flexibility index (Phi) is 5.33. The van der Waals surface area contributed by atoms with Gasteiger partial charge < -0.3 is 10.4 Å². The number of nitrogens with one attached hydrogen (secondary N) is 1. The quantitative estimate of drug-likeness (QED) is 0.751. The van der Waals surface area contributed by atoms with Crippen molar-refractivity contribution in [2.45, 2.75) is 109 Å². The lowest BCUT2D eigenvalue weighted by molar-refractivity contribution is -0.0374. The molecule has 0 spiro atoms. The smallest absolute Gasteiger partial charge is 0.0931 e. The standard InChI is InChI=1S/C23H37NO/c1-14(2)17-10-20(15(3)4)22(21(11-17)16(5)6)23(25)12-18-8-7-9-19(13-23)24-18/h10-11,14-16,18-19,24-25H,7-9,12-13H2,1-6H3. The summed E-state index contributed by atoms with van der Waals surface area (Å²) in [6, 6.07) is 5.71. The van der Waals surface area contributed by atoms with E-state index < -0.39 is 5.60 Å². The van der Waals surface area contributed by atoms with Crippen LogP contribution in [0.5, 0.6) is 0 Å². The third kappa shape index (κ3) is 3.66. The fourth-order valence-electron chi connectivity index (χ4n) is 5.03. The molecule has 0 saturated carbocycles. The van der Waals surface area contributed by atoms with Gasteiger partial charge in [0.1, 0.15) is 0 Å². The first-order chi connectivity index (χ1) is 11.7. The van der Waals surface area contributed by atoms with Gasteiger partial charge in [0, 0.05) is 12.1 Å². The summed E-state index contributed by atoms with van der Waals surface area (Å²) >= 11 is 0. The number of aliphatic hydroxyl groups is 1. The van der Waals surface area contributed by atoms with E-state index >= 15 is 0 Å². The Morgan fingerprint density at radius 3 is 1.76 bits per heavy atom. The van der Waals surface area contributed by atoms with Crippen LogP contribution in [0.1, 0.15) is 114 Å². The highest BCUT2D eigenvalue weighted by Crippen LogP contribution is 2.46. The molecule has 2 nitrogen and oxygen atoms in total. The first-order valence-electron chi connectivity index (χ1n) is 10.4. The Balaban J connectivity index is 2.16. The molecule has 2 atom stereocenters. The van der Waals surface area contributed by atoms with E-state index in [2.05, 4.69) is 59.0 Å². The third-order valence-electron chi connectivity index (χ3n) is 6.34. The molecule has 2 fully saturated rings. The van der Waals surface area contributed by atoms with E-state index in [0.717, 1.165) is 12.8 Å². The van der Waals surface area contributed by atoms with Crippen LogP contribution in [0, 0.1) is 0 Å².